The highest BCUT2D eigenvalue weighted by atomic mass is 16.5. The molecule has 0 saturated heterocycles. The summed E-state index contributed by atoms with van der Waals surface area (Å²) in [6.07, 6.45) is 0.854. The molecule has 3 rings (SSSR count). The topological polar surface area (TPSA) is 77.4 Å². The summed E-state index contributed by atoms with van der Waals surface area (Å²) in [4.78, 5) is 0. The lowest BCUT2D eigenvalue weighted by atomic mass is 9.67. The first-order valence-corrected chi connectivity index (χ1v) is 9.29. The van der Waals surface area contributed by atoms with Gasteiger partial charge in [-0.1, -0.05) is 13.8 Å². The fraction of sp³-hybridized carbons (Fsp3) is 0.455. The van der Waals surface area contributed by atoms with Gasteiger partial charge in [-0.05, 0) is 47.6 Å². The van der Waals surface area contributed by atoms with E-state index in [1.165, 1.54) is 21.3 Å². The zero-order valence-corrected chi connectivity index (χ0v) is 17.2. The zero-order valence-electron chi connectivity index (χ0n) is 17.2. The summed E-state index contributed by atoms with van der Waals surface area (Å²) in [5.74, 6) is 2.05. The van der Waals surface area contributed by atoms with Crippen LogP contribution in [0.25, 0.3) is 0 Å². The minimum atomic E-state index is -0.0751. The molecule has 2 aromatic carbocycles. The number of hydrogen-bond donors (Lipinski definition) is 2. The predicted octanol–water partition coefficient (Wildman–Crippen LogP) is 4.09. The summed E-state index contributed by atoms with van der Waals surface area (Å²) in [5.41, 5.74) is 2.93. The first-order valence-electron chi connectivity index (χ1n) is 9.29. The second-order valence-electron chi connectivity index (χ2n) is 7.33. The molecule has 152 valence electrons. The van der Waals surface area contributed by atoms with Gasteiger partial charge in [0.05, 0.1) is 28.4 Å². The van der Waals surface area contributed by atoms with Gasteiger partial charge in [0.2, 0.25) is 11.5 Å². The van der Waals surface area contributed by atoms with Crippen LogP contribution < -0.4 is 18.9 Å². The molecule has 28 heavy (non-hydrogen) atoms. The third kappa shape index (κ3) is 3.07. The summed E-state index contributed by atoms with van der Waals surface area (Å²) in [5, 5.41) is 21.0. The van der Waals surface area contributed by atoms with Crippen molar-refractivity contribution in [3.05, 3.63) is 34.9 Å². The van der Waals surface area contributed by atoms with Gasteiger partial charge in [0.15, 0.2) is 23.0 Å². The van der Waals surface area contributed by atoms with Crippen LogP contribution in [0.3, 0.4) is 0 Å². The van der Waals surface area contributed by atoms with E-state index < -0.39 is 0 Å². The van der Waals surface area contributed by atoms with E-state index in [1.54, 1.807) is 7.11 Å². The average molecular weight is 388 g/mol. The molecule has 6 heteroatoms. The fourth-order valence-electron chi connectivity index (χ4n) is 4.25. The third-order valence-corrected chi connectivity index (χ3v) is 5.91. The van der Waals surface area contributed by atoms with Crippen LogP contribution in [0.4, 0.5) is 0 Å². The normalized spacial score (nSPS) is 21.0. The molecule has 2 N–H and O–H groups in total. The van der Waals surface area contributed by atoms with Crippen molar-refractivity contribution in [1.82, 2.24) is 0 Å². The Bertz CT molecular complexity index is 851. The molecule has 1 aliphatic carbocycles. The quantitative estimate of drug-likeness (QED) is 0.803. The van der Waals surface area contributed by atoms with E-state index in [0.717, 1.165) is 23.1 Å². The van der Waals surface area contributed by atoms with Crippen LogP contribution in [0.2, 0.25) is 0 Å². The highest BCUT2D eigenvalue weighted by Crippen LogP contribution is 2.54. The number of aromatic hydroxyl groups is 2. The van der Waals surface area contributed by atoms with Crippen molar-refractivity contribution >= 4 is 0 Å². The highest BCUT2D eigenvalue weighted by Gasteiger charge is 2.38. The van der Waals surface area contributed by atoms with Gasteiger partial charge in [0.1, 0.15) is 0 Å². The fourth-order valence-corrected chi connectivity index (χ4v) is 4.25. The van der Waals surface area contributed by atoms with Crippen molar-refractivity contribution < 1.29 is 29.2 Å². The molecule has 0 saturated carbocycles. The number of rotatable bonds is 5. The Morgan fingerprint density at radius 1 is 0.786 bits per heavy atom. The Morgan fingerprint density at radius 2 is 1.32 bits per heavy atom. The molecule has 0 unspecified atom stereocenters. The van der Waals surface area contributed by atoms with Crippen LogP contribution >= 0.6 is 0 Å². The van der Waals surface area contributed by atoms with E-state index in [1.807, 2.05) is 18.2 Å². The molecule has 0 fully saturated rings. The summed E-state index contributed by atoms with van der Waals surface area (Å²) < 4.78 is 21.7. The van der Waals surface area contributed by atoms with Crippen molar-refractivity contribution in [2.45, 2.75) is 26.2 Å². The lowest BCUT2D eigenvalue weighted by Gasteiger charge is -2.38. The van der Waals surface area contributed by atoms with Gasteiger partial charge in [0.25, 0.3) is 0 Å². The molecule has 1 aliphatic rings. The lowest BCUT2D eigenvalue weighted by Crippen LogP contribution is -2.27. The van der Waals surface area contributed by atoms with Gasteiger partial charge in [-0.3, -0.25) is 0 Å². The van der Waals surface area contributed by atoms with Crippen molar-refractivity contribution in [3.8, 4) is 34.5 Å². The maximum Gasteiger partial charge on any atom is 0.201 e. The average Bonchev–Trinajstić information content (AvgIpc) is 2.69. The van der Waals surface area contributed by atoms with E-state index in [2.05, 4.69) is 13.8 Å². The largest absolute Gasteiger partial charge is 0.502 e. The minimum absolute atomic E-state index is 0.00629. The van der Waals surface area contributed by atoms with Gasteiger partial charge in [-0.15, -0.1) is 0 Å². The summed E-state index contributed by atoms with van der Waals surface area (Å²) >= 11 is 0. The Balaban J connectivity index is 2.30. The number of benzene rings is 2. The van der Waals surface area contributed by atoms with Crippen LogP contribution in [0.15, 0.2) is 18.2 Å². The van der Waals surface area contributed by atoms with Crippen molar-refractivity contribution in [1.29, 1.82) is 0 Å². The third-order valence-electron chi connectivity index (χ3n) is 5.91. The van der Waals surface area contributed by atoms with Crippen molar-refractivity contribution in [2.24, 2.45) is 11.8 Å². The summed E-state index contributed by atoms with van der Waals surface area (Å²) in [7, 11) is 6.10. The second kappa shape index (κ2) is 7.70. The monoisotopic (exact) mass is 388 g/mol. The molecule has 2 aromatic rings. The van der Waals surface area contributed by atoms with Gasteiger partial charge in [-0.25, -0.2) is 0 Å². The SMILES string of the molecule is COc1cc([C@@H]2c3c(cc(OC)c(O)c3OC)C[C@@H](C)[C@H]2C)cc(OC)c1O. The van der Waals surface area contributed by atoms with E-state index in [-0.39, 0.29) is 23.3 Å². The number of hydrogen-bond acceptors (Lipinski definition) is 6. The molecule has 6 nitrogen and oxygen atoms in total. The molecule has 3 atom stereocenters. The van der Waals surface area contributed by atoms with Crippen molar-refractivity contribution in [3.63, 3.8) is 0 Å². The van der Waals surface area contributed by atoms with E-state index in [4.69, 9.17) is 18.9 Å². The van der Waals surface area contributed by atoms with Crippen molar-refractivity contribution in [2.75, 3.05) is 28.4 Å². The Kier molecular flexibility index (Phi) is 5.49. The van der Waals surface area contributed by atoms with Crippen LogP contribution in [-0.2, 0) is 6.42 Å². The first kappa shape index (κ1) is 20.0. The van der Waals surface area contributed by atoms with Gasteiger partial charge < -0.3 is 29.2 Å². The maximum atomic E-state index is 10.7. The molecule has 0 spiro atoms. The van der Waals surface area contributed by atoms with Crippen LogP contribution in [0.1, 0.15) is 36.5 Å². The molecule has 0 aromatic heterocycles. The smallest absolute Gasteiger partial charge is 0.201 e. The molecule has 0 aliphatic heterocycles. The number of ether oxygens (including phenoxy) is 4. The lowest BCUT2D eigenvalue weighted by molar-refractivity contribution is 0.296. The summed E-state index contributed by atoms with van der Waals surface area (Å²) in [6, 6.07) is 5.53. The van der Waals surface area contributed by atoms with Gasteiger partial charge in [0, 0.05) is 11.5 Å². The van der Waals surface area contributed by atoms with Crippen LogP contribution in [-0.4, -0.2) is 38.7 Å². The molecule has 0 heterocycles. The van der Waals surface area contributed by atoms with Gasteiger partial charge in [-0.2, -0.15) is 0 Å². The Labute approximate surface area is 165 Å². The highest BCUT2D eigenvalue weighted by molar-refractivity contribution is 5.63. The van der Waals surface area contributed by atoms with E-state index >= 15 is 0 Å². The molecule has 0 amide bonds. The van der Waals surface area contributed by atoms with Crippen LogP contribution in [0.5, 0.6) is 34.5 Å². The second-order valence-corrected chi connectivity index (χ2v) is 7.33. The molecule has 0 radical (unpaired) electrons. The number of phenolic OH excluding ortho intramolecular Hbond substituents is 2. The predicted molar refractivity (Wildman–Crippen MR) is 106 cm³/mol. The maximum absolute atomic E-state index is 10.7. The standard InChI is InChI=1S/C22H28O6/c1-11-7-13-8-17(27-5)21(24)22(28-6)19(13)18(12(11)2)14-9-15(25-3)20(23)16(10-14)26-4/h8-12,18,23-24H,7H2,1-6H3/t11-,12-,18-/m1/s1. The number of fused-ring (bicyclic) bond motifs is 1. The van der Waals surface area contributed by atoms with E-state index in [9.17, 15) is 10.2 Å². The minimum Gasteiger partial charge on any atom is -0.502 e. The number of methoxy groups -OCH3 is 4. The van der Waals surface area contributed by atoms with E-state index in [0.29, 0.717) is 28.9 Å². The summed E-state index contributed by atoms with van der Waals surface area (Å²) in [6.45, 7) is 4.39. The van der Waals surface area contributed by atoms with Crippen LogP contribution in [0, 0.1) is 11.8 Å². The number of phenols is 2. The first-order chi connectivity index (χ1) is 13.4. The Hall–Kier alpha value is -2.76. The zero-order chi connectivity index (χ0) is 20.6. The molecular weight excluding hydrogens is 360 g/mol. The Morgan fingerprint density at radius 3 is 1.82 bits per heavy atom. The van der Waals surface area contributed by atoms with Gasteiger partial charge >= 0.3 is 0 Å². The molecular formula is C22H28O6. The molecule has 0 bridgehead atoms.